The minimum Gasteiger partial charge on any atom is -0.454 e. The van der Waals surface area contributed by atoms with Gasteiger partial charge in [-0.25, -0.2) is 0 Å². The third-order valence-electron chi connectivity index (χ3n) is 3.13. The summed E-state index contributed by atoms with van der Waals surface area (Å²) >= 11 is 0. The molecule has 3 rings (SSSR count). The minimum absolute atomic E-state index is 0.291. The summed E-state index contributed by atoms with van der Waals surface area (Å²) in [4.78, 5) is 4.48. The van der Waals surface area contributed by atoms with Gasteiger partial charge in [0.1, 0.15) is 0 Å². The first kappa shape index (κ1) is 11.8. The van der Waals surface area contributed by atoms with Crippen LogP contribution in [-0.2, 0) is 0 Å². The Labute approximate surface area is 112 Å². The van der Waals surface area contributed by atoms with Crippen LogP contribution in [0, 0.1) is 13.8 Å². The van der Waals surface area contributed by atoms with Crippen LogP contribution in [0.1, 0.15) is 16.7 Å². The Hall–Kier alpha value is -2.29. The standard InChI is InChI=1S/C16H15NO2/c1-11-3-4-13(12(2)7-11)9-17-14-5-6-15-16(8-14)19-10-18-15/h3-9H,10H2,1-2H3. The molecule has 0 N–H and O–H groups in total. The van der Waals surface area contributed by atoms with E-state index >= 15 is 0 Å². The molecule has 0 amide bonds. The Morgan fingerprint density at radius 2 is 1.84 bits per heavy atom. The molecule has 1 aliphatic rings. The molecule has 2 aromatic rings. The lowest BCUT2D eigenvalue weighted by Crippen LogP contribution is -1.92. The van der Waals surface area contributed by atoms with Crippen LogP contribution in [0.5, 0.6) is 11.5 Å². The van der Waals surface area contributed by atoms with Crippen molar-refractivity contribution >= 4 is 11.9 Å². The zero-order chi connectivity index (χ0) is 13.2. The first-order valence-electron chi connectivity index (χ1n) is 6.23. The third-order valence-corrected chi connectivity index (χ3v) is 3.13. The van der Waals surface area contributed by atoms with E-state index in [0.29, 0.717) is 6.79 Å². The van der Waals surface area contributed by atoms with Gasteiger partial charge in [-0.15, -0.1) is 0 Å². The van der Waals surface area contributed by atoms with Gasteiger partial charge in [-0.3, -0.25) is 4.99 Å². The van der Waals surface area contributed by atoms with Crippen LogP contribution in [0.2, 0.25) is 0 Å². The summed E-state index contributed by atoms with van der Waals surface area (Å²) in [6.07, 6.45) is 1.88. The molecule has 1 heterocycles. The molecule has 0 fully saturated rings. The molecule has 19 heavy (non-hydrogen) atoms. The molecule has 0 radical (unpaired) electrons. The molecule has 1 aliphatic heterocycles. The summed E-state index contributed by atoms with van der Waals surface area (Å²) in [5.74, 6) is 1.54. The fraction of sp³-hybridized carbons (Fsp3) is 0.188. The second kappa shape index (κ2) is 4.76. The Morgan fingerprint density at radius 3 is 2.68 bits per heavy atom. The molecule has 0 atom stereocenters. The van der Waals surface area contributed by atoms with Crippen LogP contribution < -0.4 is 9.47 Å². The maximum Gasteiger partial charge on any atom is 0.231 e. The van der Waals surface area contributed by atoms with E-state index < -0.39 is 0 Å². The molecule has 3 heteroatoms. The number of hydrogen-bond acceptors (Lipinski definition) is 3. The van der Waals surface area contributed by atoms with Gasteiger partial charge in [0.2, 0.25) is 6.79 Å². The third kappa shape index (κ3) is 2.45. The average molecular weight is 253 g/mol. The lowest BCUT2D eigenvalue weighted by Gasteiger charge is -2.01. The van der Waals surface area contributed by atoms with Gasteiger partial charge >= 0.3 is 0 Å². The quantitative estimate of drug-likeness (QED) is 0.762. The molecule has 0 aromatic heterocycles. The van der Waals surface area contributed by atoms with Crippen LogP contribution in [0.15, 0.2) is 41.4 Å². The molecule has 0 bridgehead atoms. The van der Waals surface area contributed by atoms with Crippen molar-refractivity contribution in [1.29, 1.82) is 0 Å². The van der Waals surface area contributed by atoms with Crippen molar-refractivity contribution in [3.63, 3.8) is 0 Å². The Bertz CT molecular complexity index is 647. The SMILES string of the molecule is Cc1ccc(C=Nc2ccc3c(c2)OCO3)c(C)c1. The van der Waals surface area contributed by atoms with Gasteiger partial charge in [-0.05, 0) is 37.1 Å². The fourth-order valence-corrected chi connectivity index (χ4v) is 2.08. The Kier molecular flexibility index (Phi) is 2.95. The van der Waals surface area contributed by atoms with Crippen molar-refractivity contribution in [2.45, 2.75) is 13.8 Å². The summed E-state index contributed by atoms with van der Waals surface area (Å²) in [5.41, 5.74) is 4.48. The van der Waals surface area contributed by atoms with E-state index in [0.717, 1.165) is 22.7 Å². The van der Waals surface area contributed by atoms with Gasteiger partial charge in [0.25, 0.3) is 0 Å². The maximum absolute atomic E-state index is 5.33. The first-order valence-corrected chi connectivity index (χ1v) is 6.23. The monoisotopic (exact) mass is 253 g/mol. The smallest absolute Gasteiger partial charge is 0.231 e. The molecule has 0 saturated carbocycles. The minimum atomic E-state index is 0.291. The molecule has 0 aliphatic carbocycles. The van der Waals surface area contributed by atoms with Gasteiger partial charge in [-0.2, -0.15) is 0 Å². The largest absolute Gasteiger partial charge is 0.454 e. The van der Waals surface area contributed by atoms with E-state index in [9.17, 15) is 0 Å². The normalized spacial score (nSPS) is 13.2. The second-order valence-electron chi connectivity index (χ2n) is 4.66. The van der Waals surface area contributed by atoms with E-state index in [2.05, 4.69) is 37.0 Å². The average Bonchev–Trinajstić information content (AvgIpc) is 2.85. The van der Waals surface area contributed by atoms with Crippen LogP contribution >= 0.6 is 0 Å². The Balaban J connectivity index is 1.86. The van der Waals surface area contributed by atoms with Gasteiger partial charge in [0.15, 0.2) is 11.5 Å². The number of nitrogens with zero attached hydrogens (tertiary/aromatic N) is 1. The molecule has 3 nitrogen and oxygen atoms in total. The van der Waals surface area contributed by atoms with Crippen molar-refractivity contribution in [3.05, 3.63) is 53.1 Å². The summed E-state index contributed by atoms with van der Waals surface area (Å²) < 4.78 is 10.6. The van der Waals surface area contributed by atoms with Gasteiger partial charge in [-0.1, -0.05) is 23.8 Å². The van der Waals surface area contributed by atoms with E-state index in [-0.39, 0.29) is 0 Å². The lowest BCUT2D eigenvalue weighted by molar-refractivity contribution is 0.174. The molecular weight excluding hydrogens is 238 g/mol. The number of benzene rings is 2. The number of aliphatic imine (C=N–C) groups is 1. The van der Waals surface area contributed by atoms with Crippen molar-refractivity contribution in [3.8, 4) is 11.5 Å². The summed E-state index contributed by atoms with van der Waals surface area (Å²) in [6, 6.07) is 12.0. The van der Waals surface area contributed by atoms with Crippen molar-refractivity contribution in [2.75, 3.05) is 6.79 Å². The zero-order valence-corrected chi connectivity index (χ0v) is 11.0. The highest BCUT2D eigenvalue weighted by molar-refractivity contribution is 5.84. The number of fused-ring (bicyclic) bond motifs is 1. The van der Waals surface area contributed by atoms with Crippen molar-refractivity contribution in [2.24, 2.45) is 4.99 Å². The molecule has 0 unspecified atom stereocenters. The molecular formula is C16H15NO2. The van der Waals surface area contributed by atoms with Gasteiger partial charge in [0.05, 0.1) is 5.69 Å². The van der Waals surface area contributed by atoms with Gasteiger partial charge < -0.3 is 9.47 Å². The number of rotatable bonds is 2. The predicted octanol–water partition coefficient (Wildman–Crippen LogP) is 3.78. The van der Waals surface area contributed by atoms with Crippen LogP contribution in [0.25, 0.3) is 0 Å². The second-order valence-corrected chi connectivity index (χ2v) is 4.66. The van der Waals surface area contributed by atoms with Crippen LogP contribution in [-0.4, -0.2) is 13.0 Å². The first-order chi connectivity index (χ1) is 9.22. The van der Waals surface area contributed by atoms with E-state index in [4.69, 9.17) is 9.47 Å². The fourth-order valence-electron chi connectivity index (χ4n) is 2.08. The predicted molar refractivity (Wildman–Crippen MR) is 75.7 cm³/mol. The topological polar surface area (TPSA) is 30.8 Å². The van der Waals surface area contributed by atoms with E-state index in [1.165, 1.54) is 11.1 Å². The maximum atomic E-state index is 5.33. The Morgan fingerprint density at radius 1 is 1.00 bits per heavy atom. The van der Waals surface area contributed by atoms with Crippen molar-refractivity contribution in [1.82, 2.24) is 0 Å². The molecule has 2 aromatic carbocycles. The van der Waals surface area contributed by atoms with E-state index in [1.54, 1.807) is 0 Å². The zero-order valence-electron chi connectivity index (χ0n) is 11.0. The highest BCUT2D eigenvalue weighted by Crippen LogP contribution is 2.35. The van der Waals surface area contributed by atoms with E-state index in [1.807, 2.05) is 24.4 Å². The highest BCUT2D eigenvalue weighted by Gasteiger charge is 2.12. The molecule has 0 spiro atoms. The molecule has 96 valence electrons. The number of hydrogen-bond donors (Lipinski definition) is 0. The number of ether oxygens (including phenoxy) is 2. The number of aryl methyl sites for hydroxylation is 2. The van der Waals surface area contributed by atoms with Crippen molar-refractivity contribution < 1.29 is 9.47 Å². The highest BCUT2D eigenvalue weighted by atomic mass is 16.7. The summed E-state index contributed by atoms with van der Waals surface area (Å²) in [5, 5.41) is 0. The summed E-state index contributed by atoms with van der Waals surface area (Å²) in [7, 11) is 0. The van der Waals surface area contributed by atoms with Crippen LogP contribution in [0.3, 0.4) is 0 Å². The lowest BCUT2D eigenvalue weighted by atomic mass is 10.1. The van der Waals surface area contributed by atoms with Crippen LogP contribution in [0.4, 0.5) is 5.69 Å². The molecule has 0 saturated heterocycles. The summed E-state index contributed by atoms with van der Waals surface area (Å²) in [6.45, 7) is 4.47. The van der Waals surface area contributed by atoms with Gasteiger partial charge in [0, 0.05) is 12.3 Å².